The fraction of sp³-hybridized carbons (Fsp3) is 0.582. The van der Waals surface area contributed by atoms with Crippen molar-refractivity contribution >= 4 is 34.5 Å². The summed E-state index contributed by atoms with van der Waals surface area (Å²) < 4.78 is 13.8. The summed E-state index contributed by atoms with van der Waals surface area (Å²) in [6.07, 6.45) is 6.59. The first-order valence-corrected chi connectivity index (χ1v) is 26.0. The fourth-order valence-electron chi connectivity index (χ4n) is 11.5. The van der Waals surface area contributed by atoms with Gasteiger partial charge >= 0.3 is 6.17 Å². The summed E-state index contributed by atoms with van der Waals surface area (Å²) in [5.74, 6) is -2.57. The van der Waals surface area contributed by atoms with Gasteiger partial charge in [0.1, 0.15) is 17.8 Å². The van der Waals surface area contributed by atoms with E-state index in [1.54, 1.807) is 53.6 Å². The van der Waals surface area contributed by atoms with E-state index in [1.807, 2.05) is 25.1 Å². The van der Waals surface area contributed by atoms with Gasteiger partial charge in [-0.25, -0.2) is 4.84 Å². The number of aromatic hydroxyl groups is 1. The van der Waals surface area contributed by atoms with Crippen molar-refractivity contribution in [2.45, 2.75) is 141 Å². The Balaban J connectivity index is 1.16. The van der Waals surface area contributed by atoms with Gasteiger partial charge in [0, 0.05) is 88.4 Å². The van der Waals surface area contributed by atoms with Crippen molar-refractivity contribution in [2.24, 2.45) is 23.0 Å². The molecule has 5 N–H and O–H groups in total. The van der Waals surface area contributed by atoms with Gasteiger partial charge in [0.25, 0.3) is 5.91 Å². The minimum absolute atomic E-state index is 0.0193. The number of carbonyl (C=O) groups excluding carboxylic acids is 4. The van der Waals surface area contributed by atoms with E-state index in [4.69, 9.17) is 25.0 Å². The molecule has 2 aliphatic heterocycles. The van der Waals surface area contributed by atoms with Gasteiger partial charge < -0.3 is 40.0 Å². The van der Waals surface area contributed by atoms with E-state index in [1.165, 1.54) is 14.8 Å². The Morgan fingerprint density at radius 3 is 2.47 bits per heavy atom. The fourth-order valence-corrected chi connectivity index (χ4v) is 11.5. The van der Waals surface area contributed by atoms with Gasteiger partial charge in [-0.05, 0) is 117 Å². The number of hydrazine groups is 1. The molecular weight excluding hydrogens is 931 g/mol. The first kappa shape index (κ1) is 53.3. The maximum absolute atomic E-state index is 15.0. The maximum Gasteiger partial charge on any atom is 0.326 e. The molecule has 1 saturated heterocycles. The highest BCUT2D eigenvalue weighted by molar-refractivity contribution is 5.96. The van der Waals surface area contributed by atoms with Crippen LogP contribution < -0.4 is 16.5 Å². The van der Waals surface area contributed by atoms with E-state index in [-0.39, 0.29) is 49.8 Å². The number of rotatable bonds is 14. The summed E-state index contributed by atoms with van der Waals surface area (Å²) in [6, 6.07) is 12.8. The summed E-state index contributed by atoms with van der Waals surface area (Å²) in [4.78, 5) is 85.8. The third-order valence-electron chi connectivity index (χ3n) is 16.0. The lowest BCUT2D eigenvalue weighted by Gasteiger charge is -2.36. The van der Waals surface area contributed by atoms with Crippen molar-refractivity contribution in [3.05, 3.63) is 76.5 Å². The molecule has 0 unspecified atom stereocenters. The van der Waals surface area contributed by atoms with E-state index < -0.39 is 58.9 Å². The SMILES string of the molecule is CCn1c(-c2cccnc2[C@H](C)OC)c2c3cc(ccc31)-c1cc(O)cc(c1)C[C@H](NC(=O)[C@H](C1CCCC1)N(C)C(=O)CN(C)C(=O)[C@@H](C)[C@@H](N)C1(OC)CC1)C(=O)N1CCC[C@H](N1)[N+](=O)OCC(C)(C)C2. The number of hydrogen-bond acceptors (Lipinski definition) is 12. The Morgan fingerprint density at radius 2 is 1.78 bits per heavy atom. The number of fused-ring (bicyclic) bond motifs is 6. The number of aryl methyl sites for hydroxylation is 1. The molecule has 4 amide bonds. The summed E-state index contributed by atoms with van der Waals surface area (Å²) >= 11 is 0. The van der Waals surface area contributed by atoms with Crippen molar-refractivity contribution in [2.75, 3.05) is 48.0 Å². The molecule has 4 heterocycles. The predicted octanol–water partition coefficient (Wildman–Crippen LogP) is 6.19. The van der Waals surface area contributed by atoms with Gasteiger partial charge in [-0.15, -0.1) is 0 Å². The average Bonchev–Trinajstić information content (AvgIpc) is 3.89. The molecule has 2 aromatic heterocycles. The summed E-state index contributed by atoms with van der Waals surface area (Å²) in [6.45, 7) is 10.6. The summed E-state index contributed by atoms with van der Waals surface area (Å²) in [5, 5.41) is 16.9. The molecule has 394 valence electrons. The number of benzene rings is 2. The number of nitrogens with two attached hydrogens (primary N) is 1. The van der Waals surface area contributed by atoms with Crippen LogP contribution in [0.3, 0.4) is 0 Å². The van der Waals surface area contributed by atoms with Crippen molar-refractivity contribution < 1.29 is 43.5 Å². The number of nitrogens with one attached hydrogen (secondary N) is 2. The highest BCUT2D eigenvalue weighted by Crippen LogP contribution is 2.44. The minimum Gasteiger partial charge on any atom is -0.508 e. The number of amides is 4. The summed E-state index contributed by atoms with van der Waals surface area (Å²) in [5.41, 5.74) is 15.4. The van der Waals surface area contributed by atoms with Crippen molar-refractivity contribution in [1.29, 1.82) is 0 Å². The molecule has 0 spiro atoms. The van der Waals surface area contributed by atoms with Crippen LogP contribution in [0.25, 0.3) is 33.3 Å². The lowest BCUT2D eigenvalue weighted by molar-refractivity contribution is -0.835. The molecule has 2 aliphatic carbocycles. The third kappa shape index (κ3) is 11.1. The van der Waals surface area contributed by atoms with Crippen molar-refractivity contribution in [3.8, 4) is 28.1 Å². The molecule has 6 bridgehead atoms. The number of aromatic nitrogens is 2. The number of nitrogens with zero attached hydrogens (tertiary/aromatic N) is 6. The van der Waals surface area contributed by atoms with E-state index in [2.05, 4.69) is 54.3 Å². The van der Waals surface area contributed by atoms with Gasteiger partial charge in [0.2, 0.25) is 22.6 Å². The maximum atomic E-state index is 15.0. The van der Waals surface area contributed by atoms with E-state index in [0.717, 1.165) is 64.7 Å². The van der Waals surface area contributed by atoms with E-state index in [9.17, 15) is 29.2 Å². The van der Waals surface area contributed by atoms with Crippen LogP contribution in [0.15, 0.2) is 54.7 Å². The standard InChI is InChI=1S/C55H75N9O9/c1-10-62-44-20-19-37-29-41(44)42(49(62)40-17-13-23-57-47(40)34(3)71-8)30-54(4,5)32-73-64(70)45-18-14-24-63(59-45)53(69)43(27-35-25-38(37)28-39(65)26-35)58-51(67)48(36-15-11-12-16-36)61(7)46(66)31-60(6)52(68)33(2)50(56)55(72-9)21-22-55/h13,17,19-20,23,25-26,28-29,33-34,36,43,45,48,50,59H,10-12,14-16,18,21-22,24,27,30-32,56H2,1-9H3,(H-,58,65,67)/p+1/t33-,34-,43-,45+,48-,50+/m0/s1. The lowest BCUT2D eigenvalue weighted by atomic mass is 9.84. The molecule has 2 aromatic carbocycles. The van der Waals surface area contributed by atoms with Gasteiger partial charge in [-0.1, -0.05) is 45.7 Å². The number of likely N-dealkylation sites (N-methyl/N-ethyl adjacent to an activating group) is 2. The minimum atomic E-state index is -1.19. The molecular formula is C55H76N9O9+. The number of carbonyl (C=O) groups is 4. The molecule has 4 aromatic rings. The zero-order valence-electron chi connectivity index (χ0n) is 44.1. The van der Waals surface area contributed by atoms with E-state index >= 15 is 0 Å². The normalized spacial score (nSPS) is 21.6. The molecule has 73 heavy (non-hydrogen) atoms. The van der Waals surface area contributed by atoms with Crippen LogP contribution in [0.1, 0.15) is 109 Å². The molecule has 4 aliphatic rings. The summed E-state index contributed by atoms with van der Waals surface area (Å²) in [7, 11) is 6.40. The Hall–Kier alpha value is -5.95. The first-order chi connectivity index (χ1) is 34.8. The molecule has 2 saturated carbocycles. The van der Waals surface area contributed by atoms with Gasteiger partial charge in [-0.3, -0.25) is 29.2 Å². The van der Waals surface area contributed by atoms with Crippen LogP contribution in [-0.2, 0) is 52.9 Å². The highest BCUT2D eigenvalue weighted by atomic mass is 16.8. The lowest BCUT2D eigenvalue weighted by Crippen LogP contribution is -2.62. The monoisotopic (exact) mass is 1010 g/mol. The second kappa shape index (κ2) is 21.9. The average molecular weight is 1010 g/mol. The van der Waals surface area contributed by atoms with Crippen LogP contribution in [-0.4, -0.2) is 136 Å². The predicted molar refractivity (Wildman–Crippen MR) is 276 cm³/mol. The van der Waals surface area contributed by atoms with E-state index in [0.29, 0.717) is 54.7 Å². The third-order valence-corrected chi connectivity index (χ3v) is 16.0. The molecule has 3 fully saturated rings. The Bertz CT molecular complexity index is 2710. The molecule has 18 heteroatoms. The van der Waals surface area contributed by atoms with Crippen molar-refractivity contribution in [1.82, 2.24) is 35.1 Å². The topological polar surface area (TPSA) is 214 Å². The number of pyridine rings is 1. The first-order valence-electron chi connectivity index (χ1n) is 26.0. The van der Waals surface area contributed by atoms with Gasteiger partial charge in [-0.2, -0.15) is 5.43 Å². The molecule has 6 atom stereocenters. The molecule has 0 radical (unpaired) electrons. The smallest absolute Gasteiger partial charge is 0.326 e. The van der Waals surface area contributed by atoms with Crippen LogP contribution in [0.4, 0.5) is 0 Å². The largest absolute Gasteiger partial charge is 0.508 e. The highest BCUT2D eigenvalue weighted by Gasteiger charge is 2.52. The Kier molecular flexibility index (Phi) is 16.0. The number of phenols is 1. The Morgan fingerprint density at radius 1 is 1.04 bits per heavy atom. The van der Waals surface area contributed by atoms with Gasteiger partial charge in [0.05, 0.1) is 40.5 Å². The van der Waals surface area contributed by atoms with Gasteiger partial charge in [0.15, 0.2) is 6.61 Å². The molecule has 8 rings (SSSR count). The second-order valence-corrected chi connectivity index (χ2v) is 21.7. The molecule has 18 nitrogen and oxygen atoms in total. The number of methoxy groups -OCH3 is 2. The number of hydrogen-bond donors (Lipinski definition) is 4. The van der Waals surface area contributed by atoms with Crippen LogP contribution in [0, 0.1) is 22.2 Å². The number of ether oxygens (including phenoxy) is 2. The van der Waals surface area contributed by atoms with Crippen LogP contribution >= 0.6 is 0 Å². The van der Waals surface area contributed by atoms with Crippen molar-refractivity contribution in [3.63, 3.8) is 0 Å². The number of phenolic OH excluding ortho intramolecular Hbond substituents is 1. The zero-order chi connectivity index (χ0) is 52.5. The van der Waals surface area contributed by atoms with Crippen LogP contribution in [0.5, 0.6) is 5.75 Å². The Labute approximate surface area is 428 Å². The second-order valence-electron chi connectivity index (χ2n) is 21.7. The zero-order valence-corrected chi connectivity index (χ0v) is 44.1. The quantitative estimate of drug-likeness (QED) is 0.111. The van der Waals surface area contributed by atoms with Crippen LogP contribution in [0.2, 0.25) is 0 Å².